The van der Waals surface area contributed by atoms with Crippen LogP contribution in [0, 0.1) is 0 Å². The number of rotatable bonds is 7. The molecule has 1 aromatic rings. The van der Waals surface area contributed by atoms with Crippen LogP contribution in [0.15, 0.2) is 29.2 Å². The fourth-order valence-corrected chi connectivity index (χ4v) is 2.62. The van der Waals surface area contributed by atoms with Gasteiger partial charge in [0.05, 0.1) is 11.4 Å². The fraction of sp³-hybridized carbons (Fsp3) is 0.500. The molecule has 1 unspecified atom stereocenters. The summed E-state index contributed by atoms with van der Waals surface area (Å²) in [7, 11) is -3.86. The minimum absolute atomic E-state index is 0.0133. The molecule has 0 spiro atoms. The minimum atomic E-state index is -3.86. The van der Waals surface area contributed by atoms with Crippen molar-refractivity contribution in [2.45, 2.75) is 31.2 Å². The van der Waals surface area contributed by atoms with Gasteiger partial charge in [0.2, 0.25) is 10.0 Å². The van der Waals surface area contributed by atoms with Gasteiger partial charge >= 0.3 is 0 Å². The SMILES string of the molecule is CCNC(C)c1ccc(S(=O)(=O)NCC(F)F)cc1. The molecule has 0 saturated carbocycles. The van der Waals surface area contributed by atoms with Gasteiger partial charge in [-0.25, -0.2) is 21.9 Å². The summed E-state index contributed by atoms with van der Waals surface area (Å²) >= 11 is 0. The van der Waals surface area contributed by atoms with Gasteiger partial charge in [0, 0.05) is 6.04 Å². The summed E-state index contributed by atoms with van der Waals surface area (Å²) in [4.78, 5) is -0.0133. The number of nitrogens with one attached hydrogen (secondary N) is 2. The Morgan fingerprint density at radius 1 is 1.21 bits per heavy atom. The Morgan fingerprint density at radius 2 is 1.79 bits per heavy atom. The van der Waals surface area contributed by atoms with Crippen molar-refractivity contribution in [2.75, 3.05) is 13.1 Å². The van der Waals surface area contributed by atoms with Crippen molar-refractivity contribution in [3.63, 3.8) is 0 Å². The zero-order valence-corrected chi connectivity index (χ0v) is 11.7. The average Bonchev–Trinajstić information content (AvgIpc) is 2.37. The van der Waals surface area contributed by atoms with Crippen LogP contribution in [0.5, 0.6) is 0 Å². The normalized spacial score (nSPS) is 13.7. The van der Waals surface area contributed by atoms with Crippen LogP contribution in [0.25, 0.3) is 0 Å². The van der Waals surface area contributed by atoms with E-state index in [0.717, 1.165) is 12.1 Å². The Kier molecular flexibility index (Phi) is 5.84. The van der Waals surface area contributed by atoms with Gasteiger partial charge in [-0.15, -0.1) is 0 Å². The van der Waals surface area contributed by atoms with Crippen molar-refractivity contribution in [3.05, 3.63) is 29.8 Å². The van der Waals surface area contributed by atoms with E-state index >= 15 is 0 Å². The lowest BCUT2D eigenvalue weighted by Crippen LogP contribution is -2.28. The van der Waals surface area contributed by atoms with Gasteiger partial charge < -0.3 is 5.32 Å². The van der Waals surface area contributed by atoms with E-state index in [1.54, 1.807) is 12.1 Å². The second kappa shape index (κ2) is 6.93. The molecule has 0 aliphatic carbocycles. The molecule has 19 heavy (non-hydrogen) atoms. The van der Waals surface area contributed by atoms with Crippen molar-refractivity contribution < 1.29 is 17.2 Å². The highest BCUT2D eigenvalue weighted by Crippen LogP contribution is 2.16. The van der Waals surface area contributed by atoms with Gasteiger partial charge in [-0.05, 0) is 31.2 Å². The highest BCUT2D eigenvalue weighted by molar-refractivity contribution is 7.89. The molecule has 0 amide bonds. The number of sulfonamides is 1. The van der Waals surface area contributed by atoms with Gasteiger partial charge in [0.1, 0.15) is 0 Å². The lowest BCUT2D eigenvalue weighted by Gasteiger charge is -2.13. The molecule has 0 bridgehead atoms. The van der Waals surface area contributed by atoms with E-state index in [1.165, 1.54) is 12.1 Å². The summed E-state index contributed by atoms with van der Waals surface area (Å²) in [6.45, 7) is 3.86. The number of halogens is 2. The molecule has 1 rings (SSSR count). The molecule has 108 valence electrons. The topological polar surface area (TPSA) is 58.2 Å². The van der Waals surface area contributed by atoms with Crippen molar-refractivity contribution in [3.8, 4) is 0 Å². The Hall–Kier alpha value is -1.05. The van der Waals surface area contributed by atoms with E-state index in [1.807, 2.05) is 18.6 Å². The molecule has 7 heteroatoms. The summed E-state index contributed by atoms with van der Waals surface area (Å²) in [6, 6.07) is 6.28. The van der Waals surface area contributed by atoms with Gasteiger partial charge in [0.25, 0.3) is 6.43 Å². The van der Waals surface area contributed by atoms with Crippen molar-refractivity contribution in [1.82, 2.24) is 10.0 Å². The molecule has 4 nitrogen and oxygen atoms in total. The molecular formula is C12H18F2N2O2S. The van der Waals surface area contributed by atoms with Crippen LogP contribution in [0.3, 0.4) is 0 Å². The monoisotopic (exact) mass is 292 g/mol. The molecule has 0 fully saturated rings. The first-order valence-corrected chi connectivity index (χ1v) is 7.46. The second-order valence-electron chi connectivity index (χ2n) is 4.09. The van der Waals surface area contributed by atoms with Crippen LogP contribution in [-0.2, 0) is 10.0 Å². The quantitative estimate of drug-likeness (QED) is 0.807. The standard InChI is InChI=1S/C12H18F2N2O2S/c1-3-15-9(2)10-4-6-11(7-5-10)19(17,18)16-8-12(13)14/h4-7,9,12,15-16H,3,8H2,1-2H3. The molecule has 0 heterocycles. The highest BCUT2D eigenvalue weighted by atomic mass is 32.2. The molecule has 2 N–H and O–H groups in total. The lowest BCUT2D eigenvalue weighted by molar-refractivity contribution is 0.153. The first kappa shape index (κ1) is 16.0. The third-order valence-corrected chi connectivity index (χ3v) is 4.07. The van der Waals surface area contributed by atoms with Gasteiger partial charge in [-0.1, -0.05) is 19.1 Å². The van der Waals surface area contributed by atoms with Gasteiger partial charge in [-0.2, -0.15) is 0 Å². The van der Waals surface area contributed by atoms with Crippen LogP contribution in [-0.4, -0.2) is 27.9 Å². The van der Waals surface area contributed by atoms with Crippen LogP contribution >= 0.6 is 0 Å². The predicted molar refractivity (Wildman–Crippen MR) is 69.7 cm³/mol. The Labute approximate surface area is 112 Å². The van der Waals surface area contributed by atoms with Crippen LogP contribution in [0.4, 0.5) is 8.78 Å². The molecule has 0 radical (unpaired) electrons. The molecule has 0 aromatic heterocycles. The maximum atomic E-state index is 12.0. The van der Waals surface area contributed by atoms with Crippen molar-refractivity contribution in [1.29, 1.82) is 0 Å². The number of hydrogen-bond donors (Lipinski definition) is 2. The Morgan fingerprint density at radius 3 is 2.26 bits per heavy atom. The summed E-state index contributed by atoms with van der Waals surface area (Å²) in [5, 5.41) is 3.20. The summed E-state index contributed by atoms with van der Waals surface area (Å²) < 4.78 is 49.2. The molecule has 1 aromatic carbocycles. The molecule has 0 aliphatic heterocycles. The van der Waals surface area contributed by atoms with Crippen molar-refractivity contribution >= 4 is 10.0 Å². The van der Waals surface area contributed by atoms with Crippen LogP contribution in [0.2, 0.25) is 0 Å². The van der Waals surface area contributed by atoms with Gasteiger partial charge in [0.15, 0.2) is 0 Å². The maximum absolute atomic E-state index is 12.0. The molecule has 1 atom stereocenters. The van der Waals surface area contributed by atoms with E-state index in [2.05, 4.69) is 5.32 Å². The number of alkyl halides is 2. The number of hydrogen-bond acceptors (Lipinski definition) is 3. The predicted octanol–water partition coefficient (Wildman–Crippen LogP) is 1.90. The van der Waals surface area contributed by atoms with Crippen LogP contribution in [0.1, 0.15) is 25.5 Å². The number of benzene rings is 1. The van der Waals surface area contributed by atoms with Crippen molar-refractivity contribution in [2.24, 2.45) is 0 Å². The molecule has 0 aliphatic rings. The van der Waals surface area contributed by atoms with E-state index in [0.29, 0.717) is 0 Å². The summed E-state index contributed by atoms with van der Waals surface area (Å²) in [6.07, 6.45) is -2.71. The molecular weight excluding hydrogens is 274 g/mol. The fourth-order valence-electron chi connectivity index (χ4n) is 1.62. The van der Waals surface area contributed by atoms with E-state index < -0.39 is 23.0 Å². The zero-order valence-electron chi connectivity index (χ0n) is 10.9. The highest BCUT2D eigenvalue weighted by Gasteiger charge is 2.16. The van der Waals surface area contributed by atoms with E-state index in [4.69, 9.17) is 0 Å². The minimum Gasteiger partial charge on any atom is -0.310 e. The largest absolute Gasteiger partial charge is 0.310 e. The van der Waals surface area contributed by atoms with Gasteiger partial charge in [-0.3, -0.25) is 0 Å². The third-order valence-electron chi connectivity index (χ3n) is 2.63. The third kappa shape index (κ3) is 4.85. The lowest BCUT2D eigenvalue weighted by atomic mass is 10.1. The smallest absolute Gasteiger partial charge is 0.251 e. The first-order chi connectivity index (χ1) is 8.86. The second-order valence-corrected chi connectivity index (χ2v) is 5.86. The summed E-state index contributed by atoms with van der Waals surface area (Å²) in [5.41, 5.74) is 0.939. The molecule has 0 saturated heterocycles. The van der Waals surface area contributed by atoms with Crippen LogP contribution < -0.4 is 10.0 Å². The summed E-state index contributed by atoms with van der Waals surface area (Å²) in [5.74, 6) is 0. The maximum Gasteiger partial charge on any atom is 0.251 e. The average molecular weight is 292 g/mol. The Balaban J connectivity index is 2.80. The van der Waals surface area contributed by atoms with E-state index in [-0.39, 0.29) is 10.9 Å². The first-order valence-electron chi connectivity index (χ1n) is 5.98. The van der Waals surface area contributed by atoms with E-state index in [9.17, 15) is 17.2 Å². The Bertz CT molecular complexity index is 489. The zero-order chi connectivity index (χ0) is 14.5.